The number of rotatable bonds is 7. The monoisotopic (exact) mass is 422 g/mol. The molecule has 0 heterocycles. The van der Waals surface area contributed by atoms with Gasteiger partial charge < -0.3 is 5.32 Å². The third kappa shape index (κ3) is 5.06. The lowest BCUT2D eigenvalue weighted by molar-refractivity contribution is 0.0910. The number of anilines is 1. The van der Waals surface area contributed by atoms with Crippen molar-refractivity contribution < 1.29 is 13.2 Å². The van der Waals surface area contributed by atoms with Gasteiger partial charge >= 0.3 is 0 Å². The Morgan fingerprint density at radius 3 is 1.89 bits per heavy atom. The highest BCUT2D eigenvalue weighted by Crippen LogP contribution is 2.24. The number of hydrogen-bond donors (Lipinski definition) is 1. The van der Waals surface area contributed by atoms with E-state index in [2.05, 4.69) is 33.0 Å². The van der Waals surface area contributed by atoms with E-state index in [0.29, 0.717) is 28.1 Å². The molecule has 2 aromatic rings. The Balaban J connectivity index is 2.19. The molecule has 1 N–H and O–H groups in total. The quantitative estimate of drug-likeness (QED) is 0.710. The Morgan fingerprint density at radius 2 is 1.43 bits per heavy atom. The van der Waals surface area contributed by atoms with E-state index < -0.39 is 10.0 Å². The first-order chi connectivity index (χ1) is 13.0. The molecule has 0 atom stereocenters. The van der Waals surface area contributed by atoms with Gasteiger partial charge in [-0.25, -0.2) is 8.42 Å². The van der Waals surface area contributed by atoms with E-state index in [0.717, 1.165) is 0 Å². The van der Waals surface area contributed by atoms with E-state index in [9.17, 15) is 13.2 Å². The van der Waals surface area contributed by atoms with Gasteiger partial charge in [-0.3, -0.25) is 9.10 Å². The summed E-state index contributed by atoms with van der Waals surface area (Å²) in [7, 11) is -2.23. The molecule has 0 saturated carbocycles. The topological polar surface area (TPSA) is 66.5 Å². The highest BCUT2D eigenvalue weighted by molar-refractivity contribution is 7.92. The van der Waals surface area contributed by atoms with Crippen LogP contribution in [0.25, 0.3) is 0 Å². The van der Waals surface area contributed by atoms with Crippen molar-refractivity contribution in [3.8, 4) is 0 Å². The van der Waals surface area contributed by atoms with Crippen molar-refractivity contribution in [3.05, 3.63) is 59.1 Å². The van der Waals surface area contributed by atoms with Gasteiger partial charge in [0.15, 0.2) is 0 Å². The summed E-state index contributed by atoms with van der Waals surface area (Å²) in [6, 6.07) is 12.6. The van der Waals surface area contributed by atoms with Crippen molar-refractivity contribution in [2.24, 2.45) is 11.8 Å². The minimum atomic E-state index is -3.71. The van der Waals surface area contributed by atoms with E-state index in [4.69, 9.17) is 11.6 Å². The molecule has 152 valence electrons. The molecule has 0 aliphatic rings. The number of hydrogen-bond acceptors (Lipinski definition) is 3. The van der Waals surface area contributed by atoms with Gasteiger partial charge in [-0.15, -0.1) is 0 Å². The number of nitrogens with zero attached hydrogens (tertiary/aromatic N) is 1. The van der Waals surface area contributed by atoms with Crippen LogP contribution < -0.4 is 9.62 Å². The van der Waals surface area contributed by atoms with Crippen LogP contribution in [-0.2, 0) is 10.0 Å². The number of carbonyl (C=O) groups excluding carboxylic acids is 1. The number of sulfonamides is 1. The highest BCUT2D eigenvalue weighted by atomic mass is 35.5. The van der Waals surface area contributed by atoms with Crippen LogP contribution in [0, 0.1) is 11.8 Å². The number of amides is 1. The lowest BCUT2D eigenvalue weighted by atomic mass is 9.93. The Kier molecular flexibility index (Phi) is 7.12. The number of nitrogens with one attached hydrogen (secondary N) is 1. The van der Waals surface area contributed by atoms with Crippen LogP contribution in [0.1, 0.15) is 38.1 Å². The standard InChI is InChI=1S/C21H27ClN2O3S/c1-14(2)20(15(3)4)23-21(25)16-6-10-18(11-7-16)24(5)28(26,27)19-12-8-17(22)9-13-19/h6-15,20H,1-5H3,(H,23,25). The molecule has 2 aromatic carbocycles. The van der Waals surface area contributed by atoms with E-state index in [1.807, 2.05) is 0 Å². The SMILES string of the molecule is CC(C)C(NC(=O)c1ccc(N(C)S(=O)(=O)c2ccc(Cl)cc2)cc1)C(C)C. The molecule has 0 aliphatic heterocycles. The van der Waals surface area contributed by atoms with E-state index in [1.165, 1.54) is 35.6 Å². The summed E-state index contributed by atoms with van der Waals surface area (Å²) < 4.78 is 26.7. The zero-order valence-electron chi connectivity index (χ0n) is 16.8. The zero-order chi connectivity index (χ0) is 21.1. The van der Waals surface area contributed by atoms with Crippen LogP contribution in [-0.4, -0.2) is 27.4 Å². The predicted octanol–water partition coefficient (Wildman–Crippen LogP) is 4.58. The first-order valence-corrected chi connectivity index (χ1v) is 11.0. The minimum absolute atomic E-state index is 0.0696. The Labute approximate surface area is 172 Å². The lowest BCUT2D eigenvalue weighted by Gasteiger charge is -2.26. The first-order valence-electron chi connectivity index (χ1n) is 9.19. The van der Waals surface area contributed by atoms with Crippen molar-refractivity contribution in [1.29, 1.82) is 0 Å². The molecule has 0 bridgehead atoms. The van der Waals surface area contributed by atoms with Gasteiger partial charge in [0.25, 0.3) is 15.9 Å². The molecule has 7 heteroatoms. The maximum atomic E-state index is 12.8. The van der Waals surface area contributed by atoms with Gasteiger partial charge in [0.1, 0.15) is 0 Å². The molecular weight excluding hydrogens is 396 g/mol. The maximum absolute atomic E-state index is 12.8. The summed E-state index contributed by atoms with van der Waals surface area (Å²) >= 11 is 5.83. The number of benzene rings is 2. The Morgan fingerprint density at radius 1 is 0.929 bits per heavy atom. The second-order valence-corrected chi connectivity index (χ2v) is 9.87. The van der Waals surface area contributed by atoms with Gasteiger partial charge in [0.05, 0.1) is 10.6 Å². The molecule has 2 rings (SSSR count). The fourth-order valence-corrected chi connectivity index (χ4v) is 4.39. The number of halogens is 1. The van der Waals surface area contributed by atoms with Gasteiger partial charge in [-0.2, -0.15) is 0 Å². The van der Waals surface area contributed by atoms with Gasteiger partial charge in [0, 0.05) is 23.7 Å². The predicted molar refractivity (Wildman–Crippen MR) is 114 cm³/mol. The molecule has 5 nitrogen and oxygen atoms in total. The highest BCUT2D eigenvalue weighted by Gasteiger charge is 2.23. The van der Waals surface area contributed by atoms with E-state index in [-0.39, 0.29) is 16.8 Å². The van der Waals surface area contributed by atoms with Gasteiger partial charge in [-0.05, 0) is 60.4 Å². The second-order valence-electron chi connectivity index (χ2n) is 7.46. The molecule has 0 fully saturated rings. The molecule has 28 heavy (non-hydrogen) atoms. The summed E-state index contributed by atoms with van der Waals surface area (Å²) in [5, 5.41) is 3.53. The van der Waals surface area contributed by atoms with Gasteiger partial charge in [0.2, 0.25) is 0 Å². The van der Waals surface area contributed by atoms with Crippen molar-refractivity contribution in [2.75, 3.05) is 11.4 Å². The van der Waals surface area contributed by atoms with Crippen LogP contribution >= 0.6 is 11.6 Å². The number of carbonyl (C=O) groups is 1. The van der Waals surface area contributed by atoms with Crippen LogP contribution in [0.15, 0.2) is 53.4 Å². The fraction of sp³-hybridized carbons (Fsp3) is 0.381. The Hall–Kier alpha value is -2.05. The van der Waals surface area contributed by atoms with Gasteiger partial charge in [-0.1, -0.05) is 39.3 Å². The van der Waals surface area contributed by atoms with Crippen LogP contribution in [0.3, 0.4) is 0 Å². The molecule has 0 unspecified atom stereocenters. The van der Waals surface area contributed by atoms with E-state index >= 15 is 0 Å². The van der Waals surface area contributed by atoms with Crippen LogP contribution in [0.5, 0.6) is 0 Å². The molecule has 0 aromatic heterocycles. The average molecular weight is 423 g/mol. The molecule has 0 saturated heterocycles. The largest absolute Gasteiger partial charge is 0.349 e. The summed E-state index contributed by atoms with van der Waals surface area (Å²) in [5.41, 5.74) is 0.961. The van der Waals surface area contributed by atoms with Crippen molar-refractivity contribution in [1.82, 2.24) is 5.32 Å². The maximum Gasteiger partial charge on any atom is 0.264 e. The van der Waals surface area contributed by atoms with Crippen molar-refractivity contribution >= 4 is 33.2 Å². The smallest absolute Gasteiger partial charge is 0.264 e. The second kappa shape index (κ2) is 8.97. The summed E-state index contributed by atoms with van der Waals surface area (Å²) in [6.07, 6.45) is 0. The molecule has 1 amide bonds. The molecule has 0 spiro atoms. The normalized spacial score (nSPS) is 11.9. The van der Waals surface area contributed by atoms with Crippen LogP contribution in [0.4, 0.5) is 5.69 Å². The third-order valence-electron chi connectivity index (χ3n) is 4.70. The van der Waals surface area contributed by atoms with E-state index in [1.54, 1.807) is 24.3 Å². The zero-order valence-corrected chi connectivity index (χ0v) is 18.4. The minimum Gasteiger partial charge on any atom is -0.349 e. The third-order valence-corrected chi connectivity index (χ3v) is 6.75. The lowest BCUT2D eigenvalue weighted by Crippen LogP contribution is -2.42. The van der Waals surface area contributed by atoms with Crippen LogP contribution in [0.2, 0.25) is 5.02 Å². The molecular formula is C21H27ClN2O3S. The Bertz CT molecular complexity index is 900. The average Bonchev–Trinajstić information content (AvgIpc) is 2.65. The summed E-state index contributed by atoms with van der Waals surface area (Å²) in [6.45, 7) is 8.30. The molecule has 0 aliphatic carbocycles. The van der Waals surface area contributed by atoms with Crippen molar-refractivity contribution in [2.45, 2.75) is 38.6 Å². The van der Waals surface area contributed by atoms with Crippen molar-refractivity contribution in [3.63, 3.8) is 0 Å². The fourth-order valence-electron chi connectivity index (χ4n) is 3.06. The first kappa shape index (κ1) is 22.2. The summed E-state index contributed by atoms with van der Waals surface area (Å²) in [4.78, 5) is 12.7. The summed E-state index contributed by atoms with van der Waals surface area (Å²) in [5.74, 6) is 0.472. The molecule has 0 radical (unpaired) electrons.